The van der Waals surface area contributed by atoms with E-state index in [1.165, 1.54) is 39.2 Å². The van der Waals surface area contributed by atoms with E-state index < -0.39 is 15.6 Å². The number of anilines is 1. The molecular weight excluding hydrogens is 256 g/mol. The molecule has 0 unspecified atom stereocenters. The second-order valence-corrected chi connectivity index (χ2v) is 6.28. The topological polar surface area (TPSA) is 102 Å². The van der Waals surface area contributed by atoms with E-state index in [0.717, 1.165) is 0 Å². The molecule has 1 aromatic rings. The monoisotopic (exact) mass is 274 g/mol. The van der Waals surface area contributed by atoms with E-state index in [0.29, 0.717) is 5.75 Å². The van der Waals surface area contributed by atoms with Gasteiger partial charge in [0.05, 0.1) is 18.4 Å². The van der Waals surface area contributed by atoms with Crippen molar-refractivity contribution < 1.29 is 18.3 Å². The van der Waals surface area contributed by atoms with Crippen LogP contribution in [0, 0.1) is 0 Å². The highest BCUT2D eigenvalue weighted by Crippen LogP contribution is 2.23. The molecule has 4 N–H and O–H groups in total. The number of rotatable bonds is 5. The zero-order valence-corrected chi connectivity index (χ0v) is 11.4. The lowest BCUT2D eigenvalue weighted by atomic mass is 10.1. The highest BCUT2D eigenvalue weighted by atomic mass is 32.2. The molecule has 0 bridgehead atoms. The summed E-state index contributed by atoms with van der Waals surface area (Å²) in [5.41, 5.74) is 4.63. The molecule has 0 saturated carbocycles. The van der Waals surface area contributed by atoms with Crippen molar-refractivity contribution in [3.63, 3.8) is 0 Å². The van der Waals surface area contributed by atoms with Crippen LogP contribution in [0.4, 0.5) is 5.69 Å². The molecule has 0 aliphatic rings. The molecule has 0 aromatic heterocycles. The van der Waals surface area contributed by atoms with Crippen molar-refractivity contribution in [2.24, 2.45) is 0 Å². The van der Waals surface area contributed by atoms with Gasteiger partial charge in [-0.2, -0.15) is 0 Å². The molecule has 0 fully saturated rings. The second-order valence-electron chi connectivity index (χ2n) is 4.54. The first-order valence-electron chi connectivity index (χ1n) is 5.31. The van der Waals surface area contributed by atoms with Crippen molar-refractivity contribution in [3.8, 4) is 5.75 Å². The summed E-state index contributed by atoms with van der Waals surface area (Å²) < 4.78 is 31.1. The highest BCUT2D eigenvalue weighted by molar-refractivity contribution is 7.89. The summed E-state index contributed by atoms with van der Waals surface area (Å²) in [7, 11) is -2.27. The number of benzene rings is 1. The zero-order chi connectivity index (χ0) is 14.0. The molecule has 7 heteroatoms. The van der Waals surface area contributed by atoms with Crippen LogP contribution in [0.5, 0.6) is 5.75 Å². The molecule has 0 aliphatic carbocycles. The summed E-state index contributed by atoms with van der Waals surface area (Å²) in [6, 6.07) is 4.30. The smallest absolute Gasteiger partial charge is 0.242 e. The van der Waals surface area contributed by atoms with E-state index in [1.807, 2.05) is 0 Å². The molecule has 0 saturated heterocycles. The maximum Gasteiger partial charge on any atom is 0.242 e. The third kappa shape index (κ3) is 3.86. The standard InChI is InChI=1S/C11H18N2O4S/c1-11(2,14)7-13-18(15,16)10-5-4-8(17-3)6-9(10)12/h4-6,13-14H,7,12H2,1-3H3. The van der Waals surface area contributed by atoms with Crippen LogP contribution in [-0.4, -0.2) is 32.8 Å². The minimum atomic E-state index is -3.74. The summed E-state index contributed by atoms with van der Waals surface area (Å²) >= 11 is 0. The lowest BCUT2D eigenvalue weighted by Gasteiger charge is -2.18. The number of hydrogen-bond acceptors (Lipinski definition) is 5. The number of ether oxygens (including phenoxy) is 1. The molecule has 0 amide bonds. The Labute approximate surface area is 107 Å². The summed E-state index contributed by atoms with van der Waals surface area (Å²) in [4.78, 5) is -0.0347. The summed E-state index contributed by atoms with van der Waals surface area (Å²) in [5, 5.41) is 9.50. The molecular formula is C11H18N2O4S. The number of nitrogen functional groups attached to an aromatic ring is 1. The fourth-order valence-corrected chi connectivity index (χ4v) is 2.56. The van der Waals surface area contributed by atoms with Crippen molar-refractivity contribution in [1.82, 2.24) is 4.72 Å². The van der Waals surface area contributed by atoms with Gasteiger partial charge in [-0.25, -0.2) is 13.1 Å². The summed E-state index contributed by atoms with van der Waals surface area (Å²) in [5.74, 6) is 0.480. The summed E-state index contributed by atoms with van der Waals surface area (Å²) in [6.07, 6.45) is 0. The van der Waals surface area contributed by atoms with Gasteiger partial charge in [-0.15, -0.1) is 0 Å². The average molecular weight is 274 g/mol. The number of aliphatic hydroxyl groups is 1. The van der Waals surface area contributed by atoms with Gasteiger partial charge >= 0.3 is 0 Å². The van der Waals surface area contributed by atoms with Gasteiger partial charge in [0, 0.05) is 12.6 Å². The quantitative estimate of drug-likeness (QED) is 0.671. The van der Waals surface area contributed by atoms with Crippen LogP contribution < -0.4 is 15.2 Å². The third-order valence-corrected chi connectivity index (χ3v) is 3.68. The lowest BCUT2D eigenvalue weighted by Crippen LogP contribution is -2.38. The number of nitrogens with one attached hydrogen (secondary N) is 1. The minimum Gasteiger partial charge on any atom is -0.497 e. The van der Waals surface area contributed by atoms with Crippen molar-refractivity contribution in [2.45, 2.75) is 24.3 Å². The van der Waals surface area contributed by atoms with Crippen LogP contribution in [0.1, 0.15) is 13.8 Å². The maximum atomic E-state index is 12.0. The highest BCUT2D eigenvalue weighted by Gasteiger charge is 2.21. The zero-order valence-electron chi connectivity index (χ0n) is 10.6. The number of methoxy groups -OCH3 is 1. The Balaban J connectivity index is 2.99. The Bertz CT molecular complexity index is 520. The van der Waals surface area contributed by atoms with Gasteiger partial charge in [0.15, 0.2) is 0 Å². The van der Waals surface area contributed by atoms with Crippen molar-refractivity contribution >= 4 is 15.7 Å². The second kappa shape index (κ2) is 5.13. The fraction of sp³-hybridized carbons (Fsp3) is 0.455. The van der Waals surface area contributed by atoms with Gasteiger partial charge in [-0.05, 0) is 26.0 Å². The SMILES string of the molecule is COc1ccc(S(=O)(=O)NCC(C)(C)O)c(N)c1. The Kier molecular flexibility index (Phi) is 4.20. The van der Waals surface area contributed by atoms with E-state index in [9.17, 15) is 13.5 Å². The first kappa shape index (κ1) is 14.7. The van der Waals surface area contributed by atoms with Crippen molar-refractivity contribution in [3.05, 3.63) is 18.2 Å². The van der Waals surface area contributed by atoms with Crippen LogP contribution >= 0.6 is 0 Å². The third-order valence-electron chi connectivity index (χ3n) is 2.20. The van der Waals surface area contributed by atoms with Gasteiger partial charge in [0.2, 0.25) is 10.0 Å². The normalized spacial score (nSPS) is 12.4. The fourth-order valence-electron chi connectivity index (χ4n) is 1.25. The Morgan fingerprint density at radius 1 is 1.44 bits per heavy atom. The van der Waals surface area contributed by atoms with Crippen LogP contribution in [0.2, 0.25) is 0 Å². The first-order chi connectivity index (χ1) is 8.15. The molecule has 0 radical (unpaired) electrons. The molecule has 0 heterocycles. The van der Waals surface area contributed by atoms with Crippen LogP contribution in [0.3, 0.4) is 0 Å². The molecule has 1 aromatic carbocycles. The van der Waals surface area contributed by atoms with E-state index in [1.54, 1.807) is 0 Å². The van der Waals surface area contributed by atoms with Crippen LogP contribution in [-0.2, 0) is 10.0 Å². The van der Waals surface area contributed by atoms with E-state index in [4.69, 9.17) is 10.5 Å². The molecule has 0 atom stereocenters. The van der Waals surface area contributed by atoms with Gasteiger partial charge in [-0.3, -0.25) is 0 Å². The molecule has 6 nitrogen and oxygen atoms in total. The Morgan fingerprint density at radius 2 is 2.06 bits per heavy atom. The van der Waals surface area contributed by atoms with E-state index in [-0.39, 0.29) is 17.1 Å². The van der Waals surface area contributed by atoms with Gasteiger partial charge in [0.1, 0.15) is 10.6 Å². The van der Waals surface area contributed by atoms with Crippen LogP contribution in [0.25, 0.3) is 0 Å². The number of nitrogens with two attached hydrogens (primary N) is 1. The Morgan fingerprint density at radius 3 is 2.50 bits per heavy atom. The van der Waals surface area contributed by atoms with Gasteiger partial charge in [-0.1, -0.05) is 0 Å². The average Bonchev–Trinajstić information content (AvgIpc) is 2.25. The van der Waals surface area contributed by atoms with Gasteiger partial charge < -0.3 is 15.6 Å². The number of hydrogen-bond donors (Lipinski definition) is 3. The Hall–Kier alpha value is -1.31. The molecule has 0 spiro atoms. The van der Waals surface area contributed by atoms with E-state index >= 15 is 0 Å². The lowest BCUT2D eigenvalue weighted by molar-refractivity contribution is 0.0857. The first-order valence-corrected chi connectivity index (χ1v) is 6.79. The van der Waals surface area contributed by atoms with Crippen molar-refractivity contribution in [1.29, 1.82) is 0 Å². The predicted molar refractivity (Wildman–Crippen MR) is 68.9 cm³/mol. The van der Waals surface area contributed by atoms with Crippen LogP contribution in [0.15, 0.2) is 23.1 Å². The molecule has 18 heavy (non-hydrogen) atoms. The molecule has 1 rings (SSSR count). The van der Waals surface area contributed by atoms with E-state index in [2.05, 4.69) is 4.72 Å². The molecule has 102 valence electrons. The predicted octanol–water partition coefficient (Wildman–Crippen LogP) is 0.327. The maximum absolute atomic E-state index is 12.0. The van der Waals surface area contributed by atoms with Crippen molar-refractivity contribution in [2.75, 3.05) is 19.4 Å². The minimum absolute atomic E-state index is 0.0347. The summed E-state index contributed by atoms with van der Waals surface area (Å²) in [6.45, 7) is 2.92. The van der Waals surface area contributed by atoms with Gasteiger partial charge in [0.25, 0.3) is 0 Å². The largest absolute Gasteiger partial charge is 0.497 e. The number of sulfonamides is 1. The molecule has 0 aliphatic heterocycles.